The lowest BCUT2D eigenvalue weighted by molar-refractivity contribution is -0.120. The maximum Gasteiger partial charge on any atom is 0.227 e. The van der Waals surface area contributed by atoms with Crippen LogP contribution < -0.4 is 5.32 Å². The van der Waals surface area contributed by atoms with Crippen molar-refractivity contribution < 1.29 is 14.3 Å². The van der Waals surface area contributed by atoms with E-state index in [0.29, 0.717) is 11.5 Å². The van der Waals surface area contributed by atoms with Gasteiger partial charge in [0, 0.05) is 11.5 Å². The maximum atomic E-state index is 13.9. The molecule has 0 saturated heterocycles. The lowest BCUT2D eigenvalue weighted by Gasteiger charge is -2.15. The van der Waals surface area contributed by atoms with E-state index in [-0.39, 0.29) is 24.1 Å². The van der Waals surface area contributed by atoms with Crippen LogP contribution in [0, 0.1) is 29.5 Å². The number of carbonyl (C=O) groups is 1. The molecule has 0 aliphatic heterocycles. The molecule has 2 N–H and O–H groups in total. The van der Waals surface area contributed by atoms with Crippen LogP contribution in [0.1, 0.15) is 31.7 Å². The molecule has 0 radical (unpaired) electrons. The Hall–Kier alpha value is -1.86. The molecule has 106 valence electrons. The Morgan fingerprint density at radius 3 is 2.90 bits per heavy atom. The van der Waals surface area contributed by atoms with Crippen LogP contribution in [0.15, 0.2) is 18.2 Å². The van der Waals surface area contributed by atoms with E-state index in [9.17, 15) is 9.18 Å². The second-order valence-electron chi connectivity index (χ2n) is 5.16. The molecule has 1 saturated carbocycles. The first-order valence-corrected chi connectivity index (χ1v) is 6.82. The average molecular weight is 275 g/mol. The van der Waals surface area contributed by atoms with Crippen molar-refractivity contribution in [2.75, 3.05) is 11.9 Å². The van der Waals surface area contributed by atoms with Crippen molar-refractivity contribution >= 4 is 11.6 Å². The number of carbonyl (C=O) groups excluding carboxylic acids is 1. The monoisotopic (exact) mass is 275 g/mol. The lowest BCUT2D eigenvalue weighted by Crippen LogP contribution is -2.25. The van der Waals surface area contributed by atoms with Crippen LogP contribution in [-0.4, -0.2) is 17.6 Å². The number of aliphatic hydroxyl groups is 1. The van der Waals surface area contributed by atoms with Crippen LogP contribution in [0.25, 0.3) is 0 Å². The molecule has 4 heteroatoms. The standard InChI is InChI=1S/C16H18FNO2/c1-11-4-2-6-13(11)16(20)18-15-8-7-12(5-3-9-19)10-14(15)17/h7-8,10-11,13,19H,2,4,6,9H2,1H3,(H,18,20). The topological polar surface area (TPSA) is 49.3 Å². The van der Waals surface area contributed by atoms with Gasteiger partial charge in [0.1, 0.15) is 12.4 Å². The van der Waals surface area contributed by atoms with Crippen LogP contribution in [0.3, 0.4) is 0 Å². The summed E-state index contributed by atoms with van der Waals surface area (Å²) in [6.07, 6.45) is 2.97. The zero-order chi connectivity index (χ0) is 14.5. The summed E-state index contributed by atoms with van der Waals surface area (Å²) in [4.78, 5) is 12.1. The Labute approximate surface area is 118 Å². The van der Waals surface area contributed by atoms with E-state index in [1.54, 1.807) is 6.07 Å². The van der Waals surface area contributed by atoms with Crippen molar-refractivity contribution in [3.8, 4) is 11.8 Å². The zero-order valence-corrected chi connectivity index (χ0v) is 11.4. The third-order valence-corrected chi connectivity index (χ3v) is 3.74. The third-order valence-electron chi connectivity index (χ3n) is 3.74. The summed E-state index contributed by atoms with van der Waals surface area (Å²) >= 11 is 0. The average Bonchev–Trinajstić information content (AvgIpc) is 2.85. The Morgan fingerprint density at radius 1 is 1.50 bits per heavy atom. The number of nitrogens with one attached hydrogen (secondary N) is 1. The molecule has 1 aliphatic rings. The number of halogens is 1. The fraction of sp³-hybridized carbons (Fsp3) is 0.438. The molecule has 1 amide bonds. The molecule has 3 nitrogen and oxygen atoms in total. The Morgan fingerprint density at radius 2 is 2.30 bits per heavy atom. The summed E-state index contributed by atoms with van der Waals surface area (Å²) in [7, 11) is 0. The summed E-state index contributed by atoms with van der Waals surface area (Å²) in [5, 5.41) is 11.2. The van der Waals surface area contributed by atoms with Crippen molar-refractivity contribution in [2.45, 2.75) is 26.2 Å². The third kappa shape index (κ3) is 3.37. The minimum absolute atomic E-state index is 0.0248. The van der Waals surface area contributed by atoms with Gasteiger partial charge < -0.3 is 10.4 Å². The second kappa shape index (κ2) is 6.53. The molecule has 2 atom stereocenters. The zero-order valence-electron chi connectivity index (χ0n) is 11.4. The molecular formula is C16H18FNO2. The minimum Gasteiger partial charge on any atom is -0.384 e. The first kappa shape index (κ1) is 14.5. The van der Waals surface area contributed by atoms with Gasteiger partial charge in [0.15, 0.2) is 0 Å². The van der Waals surface area contributed by atoms with Crippen molar-refractivity contribution in [3.63, 3.8) is 0 Å². The molecule has 1 fully saturated rings. The summed E-state index contributed by atoms with van der Waals surface area (Å²) in [6, 6.07) is 4.39. The highest BCUT2D eigenvalue weighted by molar-refractivity contribution is 5.93. The number of benzene rings is 1. The molecule has 2 unspecified atom stereocenters. The van der Waals surface area contributed by atoms with Gasteiger partial charge in [-0.2, -0.15) is 0 Å². The summed E-state index contributed by atoms with van der Waals surface area (Å²) in [6.45, 7) is 1.79. The number of hydrogen-bond acceptors (Lipinski definition) is 2. The Bertz CT molecular complexity index is 559. The van der Waals surface area contributed by atoms with Gasteiger partial charge >= 0.3 is 0 Å². The van der Waals surface area contributed by atoms with Gasteiger partial charge in [-0.25, -0.2) is 4.39 Å². The molecule has 2 rings (SSSR count). The first-order valence-electron chi connectivity index (χ1n) is 6.82. The molecule has 0 heterocycles. The molecule has 20 heavy (non-hydrogen) atoms. The largest absolute Gasteiger partial charge is 0.384 e. The smallest absolute Gasteiger partial charge is 0.227 e. The van der Waals surface area contributed by atoms with Gasteiger partial charge in [-0.3, -0.25) is 4.79 Å². The fourth-order valence-electron chi connectivity index (χ4n) is 2.60. The van der Waals surface area contributed by atoms with Crippen LogP contribution in [-0.2, 0) is 4.79 Å². The van der Waals surface area contributed by atoms with Gasteiger partial charge in [-0.1, -0.05) is 25.2 Å². The predicted molar refractivity (Wildman–Crippen MR) is 75.5 cm³/mol. The van der Waals surface area contributed by atoms with Gasteiger partial charge in [0.2, 0.25) is 5.91 Å². The van der Waals surface area contributed by atoms with Gasteiger partial charge in [0.25, 0.3) is 0 Å². The number of amides is 1. The van der Waals surface area contributed by atoms with E-state index in [2.05, 4.69) is 24.1 Å². The Kier molecular flexibility index (Phi) is 4.75. The summed E-state index contributed by atoms with van der Waals surface area (Å²) in [5.41, 5.74) is 0.660. The summed E-state index contributed by atoms with van der Waals surface area (Å²) in [5.74, 6) is 4.79. The number of rotatable bonds is 2. The van der Waals surface area contributed by atoms with Gasteiger partial charge in [0.05, 0.1) is 5.69 Å². The van der Waals surface area contributed by atoms with Gasteiger partial charge in [-0.05, 0) is 37.0 Å². The van der Waals surface area contributed by atoms with E-state index < -0.39 is 5.82 Å². The number of anilines is 1. The normalized spacial score (nSPS) is 21.1. The first-order chi connectivity index (χ1) is 9.61. The quantitative estimate of drug-likeness (QED) is 0.815. The minimum atomic E-state index is -0.506. The van der Waals surface area contributed by atoms with Crippen LogP contribution in [0.5, 0.6) is 0 Å². The van der Waals surface area contributed by atoms with Crippen molar-refractivity contribution in [3.05, 3.63) is 29.6 Å². The molecule has 1 aliphatic carbocycles. The molecule has 1 aromatic rings. The number of aliphatic hydroxyl groups excluding tert-OH is 1. The molecule has 1 aromatic carbocycles. The second-order valence-corrected chi connectivity index (χ2v) is 5.16. The number of hydrogen-bond donors (Lipinski definition) is 2. The highest BCUT2D eigenvalue weighted by Gasteiger charge is 2.29. The molecule has 0 aromatic heterocycles. The van der Waals surface area contributed by atoms with Crippen molar-refractivity contribution in [2.24, 2.45) is 11.8 Å². The summed E-state index contributed by atoms with van der Waals surface area (Å²) < 4.78 is 13.9. The SMILES string of the molecule is CC1CCCC1C(=O)Nc1ccc(C#CCO)cc1F. The van der Waals surface area contributed by atoms with E-state index in [1.807, 2.05) is 0 Å². The maximum absolute atomic E-state index is 13.9. The lowest BCUT2D eigenvalue weighted by atomic mass is 9.97. The van der Waals surface area contributed by atoms with Crippen molar-refractivity contribution in [1.82, 2.24) is 0 Å². The highest BCUT2D eigenvalue weighted by atomic mass is 19.1. The van der Waals surface area contributed by atoms with Crippen LogP contribution >= 0.6 is 0 Å². The Balaban J connectivity index is 2.08. The van der Waals surface area contributed by atoms with E-state index in [4.69, 9.17) is 5.11 Å². The van der Waals surface area contributed by atoms with Gasteiger partial charge in [-0.15, -0.1) is 0 Å². The predicted octanol–water partition coefficient (Wildman–Crippen LogP) is 2.54. The molecule has 0 bridgehead atoms. The van der Waals surface area contributed by atoms with Crippen LogP contribution in [0.4, 0.5) is 10.1 Å². The molecular weight excluding hydrogens is 257 g/mol. The highest BCUT2D eigenvalue weighted by Crippen LogP contribution is 2.32. The van der Waals surface area contributed by atoms with Crippen LogP contribution in [0.2, 0.25) is 0 Å². The molecule has 0 spiro atoms. The van der Waals surface area contributed by atoms with E-state index >= 15 is 0 Å². The van der Waals surface area contributed by atoms with E-state index in [0.717, 1.165) is 19.3 Å². The fourth-order valence-corrected chi connectivity index (χ4v) is 2.60. The van der Waals surface area contributed by atoms with E-state index in [1.165, 1.54) is 12.1 Å². The van der Waals surface area contributed by atoms with Crippen molar-refractivity contribution in [1.29, 1.82) is 0 Å².